The van der Waals surface area contributed by atoms with E-state index in [1.165, 1.54) is 0 Å². The van der Waals surface area contributed by atoms with Gasteiger partial charge < -0.3 is 9.47 Å². The molecule has 6 heteroatoms. The molecule has 0 saturated heterocycles. The van der Waals surface area contributed by atoms with Crippen LogP contribution in [0.15, 0.2) is 48.5 Å². The van der Waals surface area contributed by atoms with Crippen molar-refractivity contribution in [3.8, 4) is 11.5 Å². The van der Waals surface area contributed by atoms with E-state index in [0.717, 1.165) is 17.5 Å². The molecule has 1 N–H and O–H groups in total. The normalized spacial score (nSPS) is 13.7. The molecule has 0 amide bonds. The zero-order valence-electron chi connectivity index (χ0n) is 13.4. The van der Waals surface area contributed by atoms with Gasteiger partial charge in [0.05, 0.1) is 5.75 Å². The number of aryl methyl sites for hydroxylation is 1. The van der Waals surface area contributed by atoms with Crippen LogP contribution in [0.3, 0.4) is 0 Å². The van der Waals surface area contributed by atoms with E-state index in [-0.39, 0.29) is 12.3 Å². The molecule has 0 spiro atoms. The van der Waals surface area contributed by atoms with E-state index >= 15 is 0 Å². The van der Waals surface area contributed by atoms with Gasteiger partial charge in [-0.15, -0.1) is 0 Å². The van der Waals surface area contributed by atoms with Crippen molar-refractivity contribution in [1.29, 1.82) is 0 Å². The standard InChI is InChI=1S/C18H21NO4S/c20-24(21,12-4-7-15-5-2-1-3-6-15)19-14-16-8-9-17-18(13-16)23-11-10-22-17/h1-3,5-6,8-9,13,19H,4,7,10-12,14H2. The first-order valence-electron chi connectivity index (χ1n) is 8.02. The molecular weight excluding hydrogens is 326 g/mol. The number of fused-ring (bicyclic) bond motifs is 1. The van der Waals surface area contributed by atoms with E-state index in [4.69, 9.17) is 9.47 Å². The Morgan fingerprint density at radius 3 is 2.46 bits per heavy atom. The first-order valence-corrected chi connectivity index (χ1v) is 9.67. The van der Waals surface area contributed by atoms with Crippen LogP contribution in [0.4, 0.5) is 0 Å². The number of rotatable bonds is 7. The Hall–Kier alpha value is -2.05. The van der Waals surface area contributed by atoms with Gasteiger partial charge >= 0.3 is 0 Å². The van der Waals surface area contributed by atoms with Crippen LogP contribution in [0, 0.1) is 0 Å². The first-order chi connectivity index (χ1) is 11.6. The predicted molar refractivity (Wildman–Crippen MR) is 92.8 cm³/mol. The quantitative estimate of drug-likeness (QED) is 0.836. The van der Waals surface area contributed by atoms with Gasteiger partial charge in [-0.05, 0) is 36.1 Å². The lowest BCUT2D eigenvalue weighted by Gasteiger charge is -2.19. The van der Waals surface area contributed by atoms with Gasteiger partial charge in [0.25, 0.3) is 0 Å². The van der Waals surface area contributed by atoms with E-state index in [1.54, 1.807) is 0 Å². The van der Waals surface area contributed by atoms with Crippen LogP contribution < -0.4 is 14.2 Å². The molecule has 0 unspecified atom stereocenters. The maximum absolute atomic E-state index is 12.1. The summed E-state index contributed by atoms with van der Waals surface area (Å²) in [7, 11) is -3.29. The summed E-state index contributed by atoms with van der Waals surface area (Å²) in [5.41, 5.74) is 2.01. The Bertz CT molecular complexity index is 775. The van der Waals surface area contributed by atoms with E-state index < -0.39 is 10.0 Å². The molecule has 0 atom stereocenters. The van der Waals surface area contributed by atoms with Crippen LogP contribution in [0.5, 0.6) is 11.5 Å². The van der Waals surface area contributed by atoms with Crippen LogP contribution in [0.25, 0.3) is 0 Å². The SMILES string of the molecule is O=S(=O)(CCCc1ccccc1)NCc1ccc2c(c1)OCCO2. The highest BCUT2D eigenvalue weighted by Crippen LogP contribution is 2.30. The van der Waals surface area contributed by atoms with Crippen LogP contribution in [-0.2, 0) is 23.0 Å². The smallest absolute Gasteiger partial charge is 0.211 e. The fourth-order valence-corrected chi connectivity index (χ4v) is 3.63. The Labute approximate surface area is 142 Å². The predicted octanol–water partition coefficient (Wildman–Crippen LogP) is 2.51. The topological polar surface area (TPSA) is 64.6 Å². The lowest BCUT2D eigenvalue weighted by atomic mass is 10.1. The zero-order valence-corrected chi connectivity index (χ0v) is 14.2. The molecular formula is C18H21NO4S. The minimum atomic E-state index is -3.29. The average Bonchev–Trinajstić information content (AvgIpc) is 2.61. The summed E-state index contributed by atoms with van der Waals surface area (Å²) < 4.78 is 37.8. The molecule has 1 aliphatic rings. The highest BCUT2D eigenvalue weighted by Gasteiger charge is 2.14. The second-order valence-corrected chi connectivity index (χ2v) is 7.63. The van der Waals surface area contributed by atoms with Gasteiger partial charge in [-0.1, -0.05) is 36.4 Å². The fraction of sp³-hybridized carbons (Fsp3) is 0.333. The molecule has 1 aliphatic heterocycles. The van der Waals surface area contributed by atoms with Crippen molar-refractivity contribution in [2.75, 3.05) is 19.0 Å². The van der Waals surface area contributed by atoms with E-state index in [0.29, 0.717) is 31.1 Å². The van der Waals surface area contributed by atoms with Crippen LogP contribution >= 0.6 is 0 Å². The molecule has 0 aromatic heterocycles. The summed E-state index contributed by atoms with van der Waals surface area (Å²) in [4.78, 5) is 0. The molecule has 0 bridgehead atoms. The maximum atomic E-state index is 12.1. The van der Waals surface area contributed by atoms with E-state index in [2.05, 4.69) is 4.72 Å². The van der Waals surface area contributed by atoms with E-state index in [9.17, 15) is 8.42 Å². The molecule has 24 heavy (non-hydrogen) atoms. The summed E-state index contributed by atoms with van der Waals surface area (Å²) in [6, 6.07) is 15.4. The van der Waals surface area contributed by atoms with Crippen molar-refractivity contribution in [3.63, 3.8) is 0 Å². The molecule has 1 heterocycles. The number of nitrogens with one attached hydrogen (secondary N) is 1. The van der Waals surface area contributed by atoms with Gasteiger partial charge in [0.2, 0.25) is 10.0 Å². The maximum Gasteiger partial charge on any atom is 0.211 e. The molecule has 2 aromatic carbocycles. The van der Waals surface area contributed by atoms with Gasteiger partial charge in [-0.25, -0.2) is 13.1 Å². The van der Waals surface area contributed by atoms with Gasteiger partial charge in [-0.3, -0.25) is 0 Å². The Balaban J connectivity index is 1.49. The van der Waals surface area contributed by atoms with Gasteiger partial charge in [0, 0.05) is 6.54 Å². The highest BCUT2D eigenvalue weighted by atomic mass is 32.2. The Morgan fingerprint density at radius 2 is 1.67 bits per heavy atom. The van der Waals surface area contributed by atoms with Crippen molar-refractivity contribution >= 4 is 10.0 Å². The summed E-state index contributed by atoms with van der Waals surface area (Å²) in [6.45, 7) is 1.31. The number of hydrogen-bond acceptors (Lipinski definition) is 4. The third-order valence-corrected chi connectivity index (χ3v) is 5.23. The lowest BCUT2D eigenvalue weighted by Crippen LogP contribution is -2.26. The molecule has 0 saturated carbocycles. The summed E-state index contributed by atoms with van der Waals surface area (Å²) in [5.74, 6) is 1.49. The largest absolute Gasteiger partial charge is 0.486 e. The molecule has 0 aliphatic carbocycles. The molecule has 0 radical (unpaired) electrons. The number of benzene rings is 2. The van der Waals surface area contributed by atoms with Crippen molar-refractivity contribution in [2.24, 2.45) is 0 Å². The van der Waals surface area contributed by atoms with E-state index in [1.807, 2.05) is 48.5 Å². The first kappa shape index (κ1) is 16.8. The summed E-state index contributed by atoms with van der Waals surface area (Å²) >= 11 is 0. The number of hydrogen-bond donors (Lipinski definition) is 1. The third-order valence-electron chi connectivity index (χ3n) is 3.82. The minimum absolute atomic E-state index is 0.118. The monoisotopic (exact) mass is 347 g/mol. The molecule has 2 aromatic rings. The third kappa shape index (κ3) is 4.72. The second kappa shape index (κ2) is 7.68. The highest BCUT2D eigenvalue weighted by molar-refractivity contribution is 7.89. The van der Waals surface area contributed by atoms with Crippen LogP contribution in [0.2, 0.25) is 0 Å². The molecule has 5 nitrogen and oxygen atoms in total. The van der Waals surface area contributed by atoms with Gasteiger partial charge in [-0.2, -0.15) is 0 Å². The summed E-state index contributed by atoms with van der Waals surface area (Å²) in [5, 5.41) is 0. The van der Waals surface area contributed by atoms with Gasteiger partial charge in [0.15, 0.2) is 11.5 Å². The Morgan fingerprint density at radius 1 is 0.917 bits per heavy atom. The molecule has 128 valence electrons. The Kier molecular flexibility index (Phi) is 5.37. The van der Waals surface area contributed by atoms with Crippen molar-refractivity contribution in [2.45, 2.75) is 19.4 Å². The summed E-state index contributed by atoms with van der Waals surface area (Å²) in [6.07, 6.45) is 1.35. The van der Waals surface area contributed by atoms with Gasteiger partial charge in [0.1, 0.15) is 13.2 Å². The molecule has 3 rings (SSSR count). The average molecular weight is 347 g/mol. The number of sulfonamides is 1. The minimum Gasteiger partial charge on any atom is -0.486 e. The zero-order chi connectivity index (χ0) is 16.8. The van der Waals surface area contributed by atoms with Crippen molar-refractivity contribution in [3.05, 3.63) is 59.7 Å². The second-order valence-electron chi connectivity index (χ2n) is 5.71. The molecule has 0 fully saturated rings. The number of ether oxygens (including phenoxy) is 2. The lowest BCUT2D eigenvalue weighted by molar-refractivity contribution is 0.171. The fourth-order valence-electron chi connectivity index (χ4n) is 2.57. The van der Waals surface area contributed by atoms with Crippen molar-refractivity contribution in [1.82, 2.24) is 4.72 Å². The van der Waals surface area contributed by atoms with Crippen molar-refractivity contribution < 1.29 is 17.9 Å². The van der Waals surface area contributed by atoms with Crippen LogP contribution in [-0.4, -0.2) is 27.4 Å². The van der Waals surface area contributed by atoms with Crippen LogP contribution in [0.1, 0.15) is 17.5 Å².